The molecule has 0 radical (unpaired) electrons. The van der Waals surface area contributed by atoms with Crippen LogP contribution < -0.4 is 0 Å². The maximum Gasteiger partial charge on any atom is 0.0895 e. The first kappa shape index (κ1) is 24.8. The van der Waals surface area contributed by atoms with Crippen molar-refractivity contribution < 1.29 is 29.5 Å². The molecule has 0 aliphatic rings. The Bertz CT molecular complexity index is 336. The molecule has 2 N–H and O–H groups in total. The summed E-state index contributed by atoms with van der Waals surface area (Å²) in [7, 11) is 0. The molecule has 2 unspecified atom stereocenters. The van der Waals surface area contributed by atoms with Crippen LogP contribution in [-0.2, 0) is 19.1 Å². The van der Waals surface area contributed by atoms with Gasteiger partial charge >= 0.3 is 0 Å². The van der Waals surface area contributed by atoms with Crippen LogP contribution in [0.3, 0.4) is 0 Å². The molecule has 25 heavy (non-hydrogen) atoms. The summed E-state index contributed by atoms with van der Waals surface area (Å²) >= 11 is 0. The third-order valence-electron chi connectivity index (χ3n) is 4.45. The lowest BCUT2D eigenvalue weighted by Crippen LogP contribution is -2.35. The number of ether oxygens (including phenoxy) is 3. The lowest BCUT2D eigenvalue weighted by atomic mass is 9.79. The quantitative estimate of drug-likeness (QED) is 0.323. The zero-order chi connectivity index (χ0) is 19.4. The van der Waals surface area contributed by atoms with Crippen LogP contribution >= 0.6 is 0 Å². The summed E-state index contributed by atoms with van der Waals surface area (Å²) in [5.74, 6) is 0. The third kappa shape index (κ3) is 11.2. The van der Waals surface area contributed by atoms with Gasteiger partial charge in [0.2, 0.25) is 0 Å². The van der Waals surface area contributed by atoms with Gasteiger partial charge in [-0.2, -0.15) is 0 Å². The highest BCUT2D eigenvalue weighted by molar-refractivity contribution is 4.79. The minimum Gasteiger partial charge on any atom is -0.396 e. The molecular weight excluding hydrogens is 324 g/mol. The molecule has 0 heterocycles. The van der Waals surface area contributed by atoms with Crippen molar-refractivity contribution in [3.8, 4) is 0 Å². The molecule has 0 saturated heterocycles. The van der Waals surface area contributed by atoms with Gasteiger partial charge in [-0.25, -0.2) is 4.89 Å². The van der Waals surface area contributed by atoms with Crippen LogP contribution in [0.1, 0.15) is 54.4 Å². The third-order valence-corrected chi connectivity index (χ3v) is 4.45. The van der Waals surface area contributed by atoms with E-state index in [0.717, 1.165) is 12.8 Å². The van der Waals surface area contributed by atoms with Crippen molar-refractivity contribution in [2.24, 2.45) is 16.2 Å². The Hall–Kier alpha value is -0.240. The van der Waals surface area contributed by atoms with E-state index in [1.54, 1.807) is 0 Å². The summed E-state index contributed by atoms with van der Waals surface area (Å²) in [5, 5.41) is 18.4. The van der Waals surface area contributed by atoms with Crippen molar-refractivity contribution in [2.45, 2.75) is 54.4 Å². The molecule has 0 aliphatic heterocycles. The summed E-state index contributed by atoms with van der Waals surface area (Å²) in [6.45, 7) is 15.9. The Kier molecular flexibility index (Phi) is 12.1. The summed E-state index contributed by atoms with van der Waals surface area (Å²) in [5.41, 5.74) is -0.623. The minimum atomic E-state index is -0.375. The molecule has 6 heteroatoms. The van der Waals surface area contributed by atoms with Crippen LogP contribution in [0.2, 0.25) is 0 Å². The van der Waals surface area contributed by atoms with Gasteiger partial charge in [-0.05, 0) is 32.1 Å². The normalized spacial score (nSPS) is 17.3. The number of hydrogen-bond donors (Lipinski definition) is 2. The Morgan fingerprint density at radius 2 is 1.20 bits per heavy atom. The van der Waals surface area contributed by atoms with Gasteiger partial charge in [-0.15, -0.1) is 0 Å². The van der Waals surface area contributed by atoms with E-state index in [9.17, 15) is 5.11 Å². The van der Waals surface area contributed by atoms with Crippen molar-refractivity contribution in [1.29, 1.82) is 0 Å². The van der Waals surface area contributed by atoms with Gasteiger partial charge in [0.25, 0.3) is 0 Å². The molecule has 6 nitrogen and oxygen atoms in total. The predicted molar refractivity (Wildman–Crippen MR) is 98.7 cm³/mol. The van der Waals surface area contributed by atoms with Crippen molar-refractivity contribution in [2.75, 3.05) is 52.9 Å². The van der Waals surface area contributed by atoms with Crippen LogP contribution in [0.15, 0.2) is 0 Å². The fraction of sp³-hybridized carbons (Fsp3) is 1.00. The van der Waals surface area contributed by atoms with Gasteiger partial charge in [0.15, 0.2) is 0 Å². The first-order valence-corrected chi connectivity index (χ1v) is 9.26. The first-order chi connectivity index (χ1) is 11.7. The molecule has 152 valence electrons. The Balaban J connectivity index is 4.41. The Labute approximate surface area is 153 Å². The van der Waals surface area contributed by atoms with Gasteiger partial charge in [0.1, 0.15) is 0 Å². The van der Waals surface area contributed by atoms with Crippen LogP contribution in [0, 0.1) is 16.2 Å². The minimum absolute atomic E-state index is 0.0229. The molecule has 0 saturated carbocycles. The van der Waals surface area contributed by atoms with Crippen molar-refractivity contribution in [1.82, 2.24) is 0 Å². The number of aliphatic hydroxyl groups excluding tert-OH is 1. The lowest BCUT2D eigenvalue weighted by molar-refractivity contribution is -0.266. The van der Waals surface area contributed by atoms with Crippen LogP contribution in [0.5, 0.6) is 0 Å². The van der Waals surface area contributed by atoms with E-state index in [1.807, 2.05) is 20.8 Å². The van der Waals surface area contributed by atoms with E-state index >= 15 is 0 Å². The van der Waals surface area contributed by atoms with Gasteiger partial charge in [-0.3, -0.25) is 5.26 Å². The average molecular weight is 365 g/mol. The van der Waals surface area contributed by atoms with Gasteiger partial charge in [0.05, 0.1) is 39.6 Å². The molecule has 0 aromatic rings. The van der Waals surface area contributed by atoms with E-state index < -0.39 is 0 Å². The SMILES string of the molecule is CCOCC(C)(CCC(C)(C)COCC(C)(CO)COCC)COO. The number of hydrogen-bond acceptors (Lipinski definition) is 6. The maximum atomic E-state index is 9.58. The lowest BCUT2D eigenvalue weighted by Gasteiger charge is -2.34. The molecule has 0 bridgehead atoms. The van der Waals surface area contributed by atoms with Crippen molar-refractivity contribution in [3.05, 3.63) is 0 Å². The molecule has 0 aliphatic carbocycles. The maximum absolute atomic E-state index is 9.58. The molecular formula is C19H40O6. The fourth-order valence-electron chi connectivity index (χ4n) is 2.46. The topological polar surface area (TPSA) is 77.4 Å². The monoisotopic (exact) mass is 364 g/mol. The predicted octanol–water partition coefficient (Wildman–Crippen LogP) is 3.38. The standard InChI is InChI=1S/C19H40O6/c1-7-22-13-18(5,16-25-21)10-9-17(3,4)12-24-15-19(6,11-20)14-23-8-2/h20-21H,7-16H2,1-6H3. The van der Waals surface area contributed by atoms with Gasteiger partial charge < -0.3 is 19.3 Å². The highest BCUT2D eigenvalue weighted by atomic mass is 17.1. The van der Waals surface area contributed by atoms with E-state index in [2.05, 4.69) is 25.7 Å². The molecule has 2 atom stereocenters. The number of aliphatic hydroxyl groups is 1. The second-order valence-electron chi connectivity index (χ2n) is 8.48. The summed E-state index contributed by atoms with van der Waals surface area (Å²) < 4.78 is 16.9. The molecule has 0 fully saturated rings. The van der Waals surface area contributed by atoms with Crippen LogP contribution in [0.4, 0.5) is 0 Å². The zero-order valence-electron chi connectivity index (χ0n) is 17.1. The van der Waals surface area contributed by atoms with E-state index in [0.29, 0.717) is 39.6 Å². The van der Waals surface area contributed by atoms with Gasteiger partial charge in [0, 0.05) is 24.0 Å². The Morgan fingerprint density at radius 3 is 1.68 bits per heavy atom. The molecule has 0 aromatic heterocycles. The smallest absolute Gasteiger partial charge is 0.0895 e. The van der Waals surface area contributed by atoms with E-state index in [4.69, 9.17) is 19.5 Å². The first-order valence-electron chi connectivity index (χ1n) is 9.26. The molecule has 0 aromatic carbocycles. The summed E-state index contributed by atoms with van der Waals surface area (Å²) in [6, 6.07) is 0. The van der Waals surface area contributed by atoms with E-state index in [1.165, 1.54) is 0 Å². The molecule has 0 spiro atoms. The average Bonchev–Trinajstić information content (AvgIpc) is 2.57. The highest BCUT2D eigenvalue weighted by Crippen LogP contribution is 2.32. The van der Waals surface area contributed by atoms with Crippen molar-refractivity contribution >= 4 is 0 Å². The second-order valence-corrected chi connectivity index (χ2v) is 8.48. The second kappa shape index (κ2) is 12.2. The summed E-state index contributed by atoms with van der Waals surface area (Å²) in [6.07, 6.45) is 1.78. The van der Waals surface area contributed by atoms with Crippen LogP contribution in [0.25, 0.3) is 0 Å². The van der Waals surface area contributed by atoms with Crippen molar-refractivity contribution in [3.63, 3.8) is 0 Å². The fourth-order valence-corrected chi connectivity index (χ4v) is 2.46. The van der Waals surface area contributed by atoms with Gasteiger partial charge in [-0.1, -0.05) is 27.7 Å². The molecule has 0 rings (SSSR count). The zero-order valence-corrected chi connectivity index (χ0v) is 17.1. The van der Waals surface area contributed by atoms with Crippen LogP contribution in [-0.4, -0.2) is 63.2 Å². The molecule has 0 amide bonds. The number of rotatable bonds is 16. The Morgan fingerprint density at radius 1 is 0.680 bits per heavy atom. The largest absolute Gasteiger partial charge is 0.396 e. The summed E-state index contributed by atoms with van der Waals surface area (Å²) in [4.78, 5) is 4.39. The van der Waals surface area contributed by atoms with E-state index in [-0.39, 0.29) is 29.5 Å². The highest BCUT2D eigenvalue weighted by Gasteiger charge is 2.30.